The van der Waals surface area contributed by atoms with Crippen molar-refractivity contribution in [3.63, 3.8) is 0 Å². The molecule has 0 bridgehead atoms. The van der Waals surface area contributed by atoms with Crippen LogP contribution in [0.2, 0.25) is 15.1 Å². The molecule has 2 aromatic carbocycles. The number of methoxy groups -OCH3 is 1. The number of amides is 2. The number of carbonyl (C=O) groups is 2. The third kappa shape index (κ3) is 4.01. The largest absolute Gasteiger partial charge is 0.495 e. The van der Waals surface area contributed by atoms with E-state index in [4.69, 9.17) is 39.5 Å². The van der Waals surface area contributed by atoms with Crippen LogP contribution in [-0.2, 0) is 11.3 Å². The van der Waals surface area contributed by atoms with Gasteiger partial charge in [-0.05, 0) is 47.7 Å². The summed E-state index contributed by atoms with van der Waals surface area (Å²) in [4.78, 5) is 26.4. The Kier molecular flexibility index (Phi) is 5.82. The first-order valence-corrected chi connectivity index (χ1v) is 9.37. The number of hydrogen-bond donors (Lipinski definition) is 0. The van der Waals surface area contributed by atoms with Gasteiger partial charge in [0.2, 0.25) is 0 Å². The quantitative estimate of drug-likeness (QED) is 0.569. The Labute approximate surface area is 169 Å². The molecular formula is C18H12Cl3NO3S. The number of imide groups is 1. The van der Waals surface area contributed by atoms with Gasteiger partial charge in [-0.15, -0.1) is 0 Å². The summed E-state index contributed by atoms with van der Waals surface area (Å²) in [6.07, 6.45) is 1.56. The van der Waals surface area contributed by atoms with Gasteiger partial charge in [-0.1, -0.05) is 46.9 Å². The highest BCUT2D eigenvalue weighted by Crippen LogP contribution is 2.38. The first-order chi connectivity index (χ1) is 12.4. The molecule has 2 aromatic rings. The summed E-state index contributed by atoms with van der Waals surface area (Å²) in [6, 6.07) is 10.1. The van der Waals surface area contributed by atoms with E-state index in [0.29, 0.717) is 26.4 Å². The molecule has 0 saturated carbocycles. The molecular weight excluding hydrogens is 417 g/mol. The van der Waals surface area contributed by atoms with Gasteiger partial charge in [0.05, 0.1) is 23.6 Å². The third-order valence-corrected chi connectivity index (χ3v) is 5.31. The predicted octanol–water partition coefficient (Wildman–Crippen LogP) is 5.89. The lowest BCUT2D eigenvalue weighted by Gasteiger charge is -2.12. The highest BCUT2D eigenvalue weighted by atomic mass is 35.5. The van der Waals surface area contributed by atoms with Crippen molar-refractivity contribution >= 4 is 63.8 Å². The van der Waals surface area contributed by atoms with Crippen LogP contribution < -0.4 is 4.74 Å². The Balaban J connectivity index is 1.89. The van der Waals surface area contributed by atoms with Crippen LogP contribution in [0.3, 0.4) is 0 Å². The van der Waals surface area contributed by atoms with Crippen molar-refractivity contribution in [1.29, 1.82) is 0 Å². The molecule has 0 aliphatic carbocycles. The van der Waals surface area contributed by atoms with Crippen LogP contribution in [0.1, 0.15) is 11.1 Å². The molecule has 4 nitrogen and oxygen atoms in total. The number of ether oxygens (including phenoxy) is 1. The van der Waals surface area contributed by atoms with Crippen LogP contribution in [0.5, 0.6) is 5.75 Å². The fraction of sp³-hybridized carbons (Fsp3) is 0.111. The van der Waals surface area contributed by atoms with Gasteiger partial charge in [0.1, 0.15) is 5.75 Å². The lowest BCUT2D eigenvalue weighted by molar-refractivity contribution is -0.123. The summed E-state index contributed by atoms with van der Waals surface area (Å²) in [5.74, 6) is 0.00803. The summed E-state index contributed by atoms with van der Waals surface area (Å²) in [6.45, 7) is 0.173. The van der Waals surface area contributed by atoms with Crippen molar-refractivity contribution < 1.29 is 14.3 Å². The van der Waals surface area contributed by atoms with Crippen molar-refractivity contribution in [3.8, 4) is 5.75 Å². The Morgan fingerprint density at radius 2 is 1.77 bits per heavy atom. The SMILES string of the molecule is COc1c(Cl)cc(Cl)cc1/C=C1\SC(=O)N(Cc2ccc(Cl)cc2)C1=O. The Bertz CT molecular complexity index is 913. The normalized spacial score (nSPS) is 15.8. The van der Waals surface area contributed by atoms with Crippen molar-refractivity contribution in [3.05, 3.63) is 67.5 Å². The number of carbonyl (C=O) groups excluding carboxylic acids is 2. The second-order valence-electron chi connectivity index (χ2n) is 5.40. The van der Waals surface area contributed by atoms with Crippen molar-refractivity contribution in [2.24, 2.45) is 0 Å². The van der Waals surface area contributed by atoms with Gasteiger partial charge in [0.15, 0.2) is 0 Å². The maximum atomic E-state index is 12.6. The number of halogens is 3. The highest BCUT2D eigenvalue weighted by Gasteiger charge is 2.35. The van der Waals surface area contributed by atoms with E-state index in [-0.39, 0.29) is 22.6 Å². The molecule has 0 radical (unpaired) electrons. The maximum absolute atomic E-state index is 12.6. The lowest BCUT2D eigenvalue weighted by Crippen LogP contribution is -2.27. The zero-order valence-corrected chi connectivity index (χ0v) is 16.5. The van der Waals surface area contributed by atoms with E-state index in [9.17, 15) is 9.59 Å². The number of nitrogens with zero attached hydrogens (tertiary/aromatic N) is 1. The molecule has 1 aliphatic rings. The summed E-state index contributed by atoms with van der Waals surface area (Å²) in [5, 5.41) is 0.977. The number of benzene rings is 2. The zero-order valence-electron chi connectivity index (χ0n) is 13.5. The molecule has 3 rings (SSSR count). The average molecular weight is 429 g/mol. The molecule has 1 fully saturated rings. The first-order valence-electron chi connectivity index (χ1n) is 7.42. The van der Waals surface area contributed by atoms with Crippen molar-refractivity contribution in [2.75, 3.05) is 7.11 Å². The average Bonchev–Trinajstić information content (AvgIpc) is 2.84. The number of thioether (sulfide) groups is 1. The van der Waals surface area contributed by atoms with E-state index in [1.165, 1.54) is 12.0 Å². The maximum Gasteiger partial charge on any atom is 0.293 e. The van der Waals surface area contributed by atoms with Crippen molar-refractivity contribution in [1.82, 2.24) is 4.90 Å². The van der Waals surface area contributed by atoms with E-state index in [1.807, 2.05) is 0 Å². The van der Waals surface area contributed by atoms with Gasteiger partial charge in [-0.2, -0.15) is 0 Å². The molecule has 134 valence electrons. The molecule has 0 unspecified atom stereocenters. The molecule has 0 atom stereocenters. The van der Waals surface area contributed by atoms with Gasteiger partial charge in [-0.3, -0.25) is 14.5 Å². The van der Waals surface area contributed by atoms with E-state index in [1.54, 1.807) is 42.5 Å². The molecule has 0 aromatic heterocycles. The van der Waals surface area contributed by atoms with E-state index in [2.05, 4.69) is 0 Å². The fourth-order valence-electron chi connectivity index (χ4n) is 2.45. The van der Waals surface area contributed by atoms with Crippen LogP contribution in [0.15, 0.2) is 41.3 Å². The van der Waals surface area contributed by atoms with Gasteiger partial charge in [0, 0.05) is 15.6 Å². The minimum atomic E-state index is -0.381. The van der Waals surface area contributed by atoms with Gasteiger partial charge >= 0.3 is 0 Å². The predicted molar refractivity (Wildman–Crippen MR) is 106 cm³/mol. The molecule has 8 heteroatoms. The topological polar surface area (TPSA) is 46.6 Å². The van der Waals surface area contributed by atoms with Crippen LogP contribution in [0, 0.1) is 0 Å². The van der Waals surface area contributed by atoms with Crippen LogP contribution >= 0.6 is 46.6 Å². The van der Waals surface area contributed by atoms with Gasteiger partial charge in [0.25, 0.3) is 11.1 Å². The summed E-state index contributed by atoms with van der Waals surface area (Å²) in [5.41, 5.74) is 1.34. The summed E-state index contributed by atoms with van der Waals surface area (Å²) >= 11 is 18.9. The second-order valence-corrected chi connectivity index (χ2v) is 7.68. The second kappa shape index (κ2) is 7.92. The fourth-order valence-corrected chi connectivity index (χ4v) is 3.99. The number of hydrogen-bond acceptors (Lipinski definition) is 4. The Hall–Kier alpha value is -1.66. The molecule has 26 heavy (non-hydrogen) atoms. The van der Waals surface area contributed by atoms with E-state index in [0.717, 1.165) is 17.3 Å². The smallest absolute Gasteiger partial charge is 0.293 e. The monoisotopic (exact) mass is 427 g/mol. The standard InChI is InChI=1S/C18H12Cl3NO3S/c1-25-16-11(6-13(20)8-14(16)21)7-15-17(23)22(18(24)26-15)9-10-2-4-12(19)5-3-10/h2-8H,9H2,1H3/b15-7-. The van der Waals surface area contributed by atoms with Crippen LogP contribution in [0.4, 0.5) is 4.79 Å². The first kappa shape index (κ1) is 19.1. The number of rotatable bonds is 4. The van der Waals surface area contributed by atoms with Gasteiger partial charge < -0.3 is 4.74 Å². The Morgan fingerprint density at radius 3 is 2.42 bits per heavy atom. The van der Waals surface area contributed by atoms with Gasteiger partial charge in [-0.25, -0.2) is 0 Å². The van der Waals surface area contributed by atoms with E-state index < -0.39 is 0 Å². The van der Waals surface area contributed by atoms with Crippen LogP contribution in [-0.4, -0.2) is 23.2 Å². The third-order valence-electron chi connectivity index (χ3n) is 3.66. The lowest BCUT2D eigenvalue weighted by atomic mass is 10.1. The molecule has 1 heterocycles. The molecule has 0 N–H and O–H groups in total. The van der Waals surface area contributed by atoms with E-state index >= 15 is 0 Å². The summed E-state index contributed by atoms with van der Waals surface area (Å²) in [7, 11) is 1.47. The Morgan fingerprint density at radius 1 is 1.08 bits per heavy atom. The molecule has 0 spiro atoms. The van der Waals surface area contributed by atoms with Crippen molar-refractivity contribution in [2.45, 2.75) is 6.54 Å². The minimum absolute atomic E-state index is 0.173. The molecule has 1 aliphatic heterocycles. The molecule has 1 saturated heterocycles. The summed E-state index contributed by atoms with van der Waals surface area (Å²) < 4.78 is 5.27. The zero-order chi connectivity index (χ0) is 18.8. The highest BCUT2D eigenvalue weighted by molar-refractivity contribution is 8.18. The van der Waals surface area contributed by atoms with Crippen LogP contribution in [0.25, 0.3) is 6.08 Å². The molecule has 2 amide bonds. The minimum Gasteiger partial charge on any atom is -0.495 e.